The zero-order valence-electron chi connectivity index (χ0n) is 14.0. The number of nitrogens with one attached hydrogen (secondary N) is 1. The van der Waals surface area contributed by atoms with Gasteiger partial charge in [-0.1, -0.05) is 0 Å². The predicted octanol–water partition coefficient (Wildman–Crippen LogP) is 3.62. The smallest absolute Gasteiger partial charge is 0.273 e. The summed E-state index contributed by atoms with van der Waals surface area (Å²) in [5, 5.41) is 8.65. The molecule has 0 aliphatic carbocycles. The van der Waals surface area contributed by atoms with E-state index in [1.54, 1.807) is 24.4 Å². The van der Waals surface area contributed by atoms with Crippen LogP contribution in [0.5, 0.6) is 0 Å². The van der Waals surface area contributed by atoms with Crippen LogP contribution in [0, 0.1) is 5.41 Å². The molecule has 9 heteroatoms. The fourth-order valence-corrected chi connectivity index (χ4v) is 4.19. The second-order valence-corrected chi connectivity index (χ2v) is 7.35. The Balaban J connectivity index is 1.76. The minimum Gasteiger partial charge on any atom is -0.377 e. The average Bonchev–Trinajstić information content (AvgIpc) is 3.27. The molecular weight excluding hydrogens is 368 g/mol. The molecule has 7 nitrogen and oxygen atoms in total. The zero-order valence-corrected chi connectivity index (χ0v) is 15.6. The molecule has 4 rings (SSSR count). The van der Waals surface area contributed by atoms with Crippen molar-refractivity contribution in [3.63, 3.8) is 0 Å². The topological polar surface area (TPSA) is 86.1 Å². The van der Waals surface area contributed by atoms with Gasteiger partial charge in [-0.05, 0) is 30.3 Å². The molecule has 4 aromatic rings. The van der Waals surface area contributed by atoms with E-state index in [2.05, 4.69) is 13.7 Å². The lowest BCUT2D eigenvalue weighted by atomic mass is 10.2. The number of hydrogen-bond acceptors (Lipinski definition) is 8. The Labute approximate surface area is 157 Å². The molecule has 3 heterocycles. The molecule has 0 bridgehead atoms. The maximum Gasteiger partial charge on any atom is 0.273 e. The number of hydrogen-bond donors (Lipinski definition) is 1. The molecule has 1 N–H and O–H groups in total. The van der Waals surface area contributed by atoms with Crippen molar-refractivity contribution in [1.82, 2.24) is 13.7 Å². The number of benzene rings is 1. The highest BCUT2D eigenvalue weighted by Crippen LogP contribution is 2.32. The molecular formula is C17H14N6OS2. The minimum atomic E-state index is -0.268. The van der Waals surface area contributed by atoms with Gasteiger partial charge >= 0.3 is 0 Å². The maximum atomic E-state index is 13.0. The third-order valence-corrected chi connectivity index (χ3v) is 5.56. The molecule has 0 atom stereocenters. The van der Waals surface area contributed by atoms with E-state index in [0.717, 1.165) is 39.5 Å². The van der Waals surface area contributed by atoms with Crippen molar-refractivity contribution in [2.45, 2.75) is 0 Å². The normalized spacial score (nSPS) is 11.0. The summed E-state index contributed by atoms with van der Waals surface area (Å²) < 4.78 is 8.36. The van der Waals surface area contributed by atoms with E-state index in [4.69, 9.17) is 5.41 Å². The number of amides is 1. The van der Waals surface area contributed by atoms with Crippen LogP contribution in [0.1, 0.15) is 9.67 Å². The van der Waals surface area contributed by atoms with E-state index in [1.807, 2.05) is 31.1 Å². The summed E-state index contributed by atoms with van der Waals surface area (Å²) in [5.74, 6) is -0.268. The van der Waals surface area contributed by atoms with Gasteiger partial charge in [0.15, 0.2) is 0 Å². The van der Waals surface area contributed by atoms with Gasteiger partial charge in [0.25, 0.3) is 5.91 Å². The van der Waals surface area contributed by atoms with Crippen LogP contribution in [0.4, 0.5) is 11.4 Å². The van der Waals surface area contributed by atoms with E-state index in [1.165, 1.54) is 16.2 Å². The number of aromatic nitrogens is 3. The Morgan fingerprint density at radius 1 is 1.15 bits per heavy atom. The monoisotopic (exact) mass is 382 g/mol. The summed E-state index contributed by atoms with van der Waals surface area (Å²) in [6.07, 6.45) is 2.76. The number of thiophene rings is 1. The van der Waals surface area contributed by atoms with Crippen molar-refractivity contribution in [2.24, 2.45) is 0 Å². The lowest BCUT2D eigenvalue weighted by Crippen LogP contribution is -2.28. The Bertz CT molecular complexity index is 1130. The molecule has 130 valence electrons. The lowest BCUT2D eigenvalue weighted by Gasteiger charge is -2.16. The van der Waals surface area contributed by atoms with Gasteiger partial charge in [-0.3, -0.25) is 15.1 Å². The average molecular weight is 382 g/mol. The fourth-order valence-electron chi connectivity index (χ4n) is 2.71. The van der Waals surface area contributed by atoms with Crippen molar-refractivity contribution in [3.05, 3.63) is 41.4 Å². The van der Waals surface area contributed by atoms with Crippen molar-refractivity contribution in [1.29, 1.82) is 5.41 Å². The fraction of sp³-hybridized carbons (Fsp3) is 0.118. The first-order valence-electron chi connectivity index (χ1n) is 7.71. The van der Waals surface area contributed by atoms with Gasteiger partial charge in [0, 0.05) is 31.4 Å². The molecule has 1 aromatic carbocycles. The summed E-state index contributed by atoms with van der Waals surface area (Å²) >= 11 is 2.44. The quantitative estimate of drug-likeness (QED) is 0.430. The number of anilines is 2. The third kappa shape index (κ3) is 2.71. The molecule has 1 amide bonds. The number of nitrogens with zero attached hydrogens (tertiary/aromatic N) is 5. The minimum absolute atomic E-state index is 0.268. The van der Waals surface area contributed by atoms with Crippen LogP contribution in [-0.2, 0) is 0 Å². The van der Waals surface area contributed by atoms with E-state index in [9.17, 15) is 4.79 Å². The van der Waals surface area contributed by atoms with Crippen molar-refractivity contribution in [3.8, 4) is 0 Å². The number of pyridine rings is 1. The summed E-state index contributed by atoms with van der Waals surface area (Å²) in [6.45, 7) is 0. The Morgan fingerprint density at radius 2 is 1.96 bits per heavy atom. The van der Waals surface area contributed by atoms with E-state index in [0.29, 0.717) is 16.1 Å². The van der Waals surface area contributed by atoms with Crippen LogP contribution in [0.15, 0.2) is 36.5 Å². The first kappa shape index (κ1) is 16.6. The summed E-state index contributed by atoms with van der Waals surface area (Å²) in [7, 11) is 3.91. The molecule has 0 aliphatic heterocycles. The van der Waals surface area contributed by atoms with Crippen molar-refractivity contribution >= 4 is 67.9 Å². The zero-order chi connectivity index (χ0) is 18.3. The Morgan fingerprint density at radius 3 is 2.73 bits per heavy atom. The van der Waals surface area contributed by atoms with Crippen molar-refractivity contribution in [2.75, 3.05) is 23.9 Å². The number of fused-ring (bicyclic) bond motifs is 2. The van der Waals surface area contributed by atoms with Crippen LogP contribution in [0.25, 0.3) is 21.3 Å². The first-order chi connectivity index (χ1) is 12.6. The molecule has 0 radical (unpaired) electrons. The van der Waals surface area contributed by atoms with Crippen LogP contribution >= 0.6 is 23.1 Å². The van der Waals surface area contributed by atoms with Crippen LogP contribution in [0.2, 0.25) is 0 Å². The summed E-state index contributed by atoms with van der Waals surface area (Å²) in [6, 6.07) is 9.08. The number of rotatable bonds is 4. The predicted molar refractivity (Wildman–Crippen MR) is 107 cm³/mol. The van der Waals surface area contributed by atoms with E-state index < -0.39 is 0 Å². The highest BCUT2D eigenvalue weighted by molar-refractivity contribution is 7.20. The highest BCUT2D eigenvalue weighted by Gasteiger charge is 2.20. The van der Waals surface area contributed by atoms with Gasteiger partial charge in [-0.25, -0.2) is 4.98 Å². The molecule has 3 aromatic heterocycles. The standard InChI is InChI=1S/C17H14N6OS2/c1-22(2)14-5-6-19-16-11(14)8-15(25-16)17(24)23(9-18)10-3-4-12-13(7-10)21-26-20-12/h3-9,18H,1-2H3. The first-order valence-corrected chi connectivity index (χ1v) is 9.25. The van der Waals surface area contributed by atoms with E-state index in [-0.39, 0.29) is 5.91 Å². The number of carbonyl (C=O) groups is 1. The van der Waals surface area contributed by atoms with Gasteiger partial charge in [0.05, 0.1) is 28.6 Å². The number of carbonyl (C=O) groups excluding carboxylic acids is 1. The Kier molecular flexibility index (Phi) is 4.09. The van der Waals surface area contributed by atoms with Crippen LogP contribution < -0.4 is 9.80 Å². The van der Waals surface area contributed by atoms with Gasteiger partial charge in [0.1, 0.15) is 15.9 Å². The van der Waals surface area contributed by atoms with Crippen LogP contribution in [0.3, 0.4) is 0 Å². The van der Waals surface area contributed by atoms with Gasteiger partial charge in [0.2, 0.25) is 0 Å². The molecule has 0 fully saturated rings. The van der Waals surface area contributed by atoms with Crippen LogP contribution in [-0.4, -0.2) is 40.1 Å². The molecule has 26 heavy (non-hydrogen) atoms. The van der Waals surface area contributed by atoms with Crippen molar-refractivity contribution < 1.29 is 4.79 Å². The lowest BCUT2D eigenvalue weighted by molar-refractivity contribution is 0.101. The summed E-state index contributed by atoms with van der Waals surface area (Å²) in [4.78, 5) is 22.0. The van der Waals surface area contributed by atoms with Gasteiger partial charge < -0.3 is 4.90 Å². The Hall–Kier alpha value is -2.91. The third-order valence-electron chi connectivity index (χ3n) is 3.97. The largest absolute Gasteiger partial charge is 0.377 e. The van der Waals surface area contributed by atoms with Gasteiger partial charge in [-0.2, -0.15) is 8.75 Å². The second-order valence-electron chi connectivity index (χ2n) is 5.80. The second kappa shape index (κ2) is 6.43. The molecule has 0 saturated heterocycles. The molecule has 0 spiro atoms. The van der Waals surface area contributed by atoms with E-state index >= 15 is 0 Å². The molecule has 0 saturated carbocycles. The van der Waals surface area contributed by atoms with Gasteiger partial charge in [-0.15, -0.1) is 11.3 Å². The molecule has 0 unspecified atom stereocenters. The maximum absolute atomic E-state index is 13.0. The SMILES string of the molecule is CN(C)c1ccnc2sc(C(=O)N(C=N)c3ccc4nsnc4c3)cc12. The summed E-state index contributed by atoms with van der Waals surface area (Å²) in [5.41, 5.74) is 3.07. The molecule has 0 aliphatic rings. The highest BCUT2D eigenvalue weighted by atomic mass is 32.1.